The van der Waals surface area contributed by atoms with Gasteiger partial charge in [-0.25, -0.2) is 13.6 Å². The highest BCUT2D eigenvalue weighted by molar-refractivity contribution is 7.89. The summed E-state index contributed by atoms with van der Waals surface area (Å²) in [5, 5.41) is 13.7. The van der Waals surface area contributed by atoms with Crippen LogP contribution in [0.3, 0.4) is 0 Å². The van der Waals surface area contributed by atoms with E-state index in [1.807, 2.05) is 0 Å². The molecule has 2 N–H and O–H groups in total. The Hall–Kier alpha value is -1.00. The van der Waals surface area contributed by atoms with Gasteiger partial charge in [0.1, 0.15) is 15.7 Å². The first kappa shape index (κ1) is 17.1. The van der Waals surface area contributed by atoms with Gasteiger partial charge in [-0.1, -0.05) is 23.2 Å². The second-order valence-electron chi connectivity index (χ2n) is 4.83. The van der Waals surface area contributed by atoms with E-state index in [1.54, 1.807) is 13.8 Å². The lowest BCUT2D eigenvalue weighted by Gasteiger charge is -2.16. The first-order valence-corrected chi connectivity index (χ1v) is 7.93. The lowest BCUT2D eigenvalue weighted by Crippen LogP contribution is -2.14. The highest BCUT2D eigenvalue weighted by atomic mass is 35.5. The Labute approximate surface area is 128 Å². The molecular formula is C12H14Cl2N2O3S. The largest absolute Gasteiger partial charge is 0.492 e. The summed E-state index contributed by atoms with van der Waals surface area (Å²) in [6.07, 6.45) is 0.494. The summed E-state index contributed by atoms with van der Waals surface area (Å²) in [6.45, 7) is 3.83. The molecule has 0 aliphatic rings. The minimum absolute atomic E-state index is 0.0204. The van der Waals surface area contributed by atoms with Crippen molar-refractivity contribution in [2.75, 3.05) is 6.61 Å². The predicted molar refractivity (Wildman–Crippen MR) is 77.3 cm³/mol. The van der Waals surface area contributed by atoms with Crippen molar-refractivity contribution in [1.82, 2.24) is 0 Å². The molecule has 1 aromatic carbocycles. The number of hydrogen-bond donors (Lipinski definition) is 1. The lowest BCUT2D eigenvalue weighted by molar-refractivity contribution is 0.264. The molecule has 0 saturated carbocycles. The molecule has 0 heterocycles. The molecular weight excluding hydrogens is 323 g/mol. The summed E-state index contributed by atoms with van der Waals surface area (Å²) in [7, 11) is -3.94. The molecule has 0 bridgehead atoms. The van der Waals surface area contributed by atoms with Gasteiger partial charge >= 0.3 is 0 Å². The zero-order chi connectivity index (χ0) is 15.6. The summed E-state index contributed by atoms with van der Waals surface area (Å²) in [6, 6.07) is 4.76. The van der Waals surface area contributed by atoms with Gasteiger partial charge < -0.3 is 4.74 Å². The van der Waals surface area contributed by atoms with Crippen LogP contribution in [0.15, 0.2) is 17.0 Å². The number of benzene rings is 1. The SMILES string of the molecule is CC(C)(C#N)CCOc1ccc(S(N)(=O)=O)c(Cl)c1Cl. The van der Waals surface area contributed by atoms with E-state index in [2.05, 4.69) is 6.07 Å². The first-order chi connectivity index (χ1) is 9.08. The number of hydrogen-bond acceptors (Lipinski definition) is 4. The van der Waals surface area contributed by atoms with E-state index < -0.39 is 15.4 Å². The Morgan fingerprint density at radius 1 is 1.35 bits per heavy atom. The van der Waals surface area contributed by atoms with E-state index in [9.17, 15) is 8.42 Å². The van der Waals surface area contributed by atoms with Crippen molar-refractivity contribution in [2.45, 2.75) is 25.2 Å². The molecule has 0 fully saturated rings. The van der Waals surface area contributed by atoms with Crippen LogP contribution in [0.5, 0.6) is 5.75 Å². The third kappa shape index (κ3) is 4.25. The van der Waals surface area contributed by atoms with E-state index in [4.69, 9.17) is 38.3 Å². The van der Waals surface area contributed by atoms with E-state index in [-0.39, 0.29) is 27.3 Å². The Balaban J connectivity index is 2.91. The number of nitrogens with two attached hydrogens (primary N) is 1. The van der Waals surface area contributed by atoms with Gasteiger partial charge in [0, 0.05) is 0 Å². The molecule has 0 aliphatic carbocycles. The highest BCUT2D eigenvalue weighted by Crippen LogP contribution is 2.36. The third-order valence-electron chi connectivity index (χ3n) is 2.61. The van der Waals surface area contributed by atoms with E-state index >= 15 is 0 Å². The standard InChI is InChI=1S/C12H14Cl2N2O3S/c1-12(2,7-15)5-6-19-8-3-4-9(20(16,17)18)11(14)10(8)13/h3-4H,5-6H2,1-2H3,(H2,16,17,18). The summed E-state index contributed by atoms with van der Waals surface area (Å²) in [4.78, 5) is -0.256. The molecule has 0 spiro atoms. The van der Waals surface area contributed by atoms with E-state index in [0.29, 0.717) is 6.42 Å². The van der Waals surface area contributed by atoms with Gasteiger partial charge in [-0.3, -0.25) is 0 Å². The fourth-order valence-corrected chi connectivity index (χ4v) is 2.68. The minimum Gasteiger partial charge on any atom is -0.492 e. The second-order valence-corrected chi connectivity index (χ2v) is 7.11. The van der Waals surface area contributed by atoms with Crippen LogP contribution in [0.1, 0.15) is 20.3 Å². The maximum atomic E-state index is 11.3. The maximum absolute atomic E-state index is 11.3. The highest BCUT2D eigenvalue weighted by Gasteiger charge is 2.20. The van der Waals surface area contributed by atoms with Crippen LogP contribution in [0.2, 0.25) is 10.0 Å². The summed E-state index contributed by atoms with van der Waals surface area (Å²) in [5.74, 6) is 0.248. The number of ether oxygens (including phenoxy) is 1. The molecule has 0 saturated heterocycles. The van der Waals surface area contributed by atoms with Gasteiger partial charge in [0.2, 0.25) is 10.0 Å². The van der Waals surface area contributed by atoms with Crippen LogP contribution in [0.25, 0.3) is 0 Å². The quantitative estimate of drug-likeness (QED) is 0.894. The van der Waals surface area contributed by atoms with Gasteiger partial charge in [-0.05, 0) is 32.4 Å². The fraction of sp³-hybridized carbons (Fsp3) is 0.417. The molecule has 8 heteroatoms. The zero-order valence-electron chi connectivity index (χ0n) is 11.0. The molecule has 0 unspecified atom stereocenters. The lowest BCUT2D eigenvalue weighted by atomic mass is 9.92. The minimum atomic E-state index is -3.94. The van der Waals surface area contributed by atoms with Gasteiger partial charge in [-0.15, -0.1) is 0 Å². The molecule has 20 heavy (non-hydrogen) atoms. The van der Waals surface area contributed by atoms with Crippen molar-refractivity contribution in [3.63, 3.8) is 0 Å². The molecule has 110 valence electrons. The predicted octanol–water partition coefficient (Wildman–Crippen LogP) is 2.96. The smallest absolute Gasteiger partial charge is 0.239 e. The van der Waals surface area contributed by atoms with Crippen LogP contribution >= 0.6 is 23.2 Å². The third-order valence-corrected chi connectivity index (χ3v) is 4.54. The average molecular weight is 337 g/mol. The molecule has 1 rings (SSSR count). The molecule has 5 nitrogen and oxygen atoms in total. The van der Waals surface area contributed by atoms with Gasteiger partial charge in [-0.2, -0.15) is 5.26 Å². The van der Waals surface area contributed by atoms with Crippen LogP contribution in [-0.4, -0.2) is 15.0 Å². The molecule has 0 aromatic heterocycles. The van der Waals surface area contributed by atoms with E-state index in [0.717, 1.165) is 0 Å². The number of sulfonamides is 1. The monoisotopic (exact) mass is 336 g/mol. The molecule has 1 aromatic rings. The number of nitrogens with zero attached hydrogens (tertiary/aromatic N) is 1. The Kier molecular flexibility index (Phi) is 5.27. The topological polar surface area (TPSA) is 93.2 Å². The van der Waals surface area contributed by atoms with Crippen molar-refractivity contribution in [1.29, 1.82) is 5.26 Å². The van der Waals surface area contributed by atoms with Crippen LogP contribution in [0, 0.1) is 16.7 Å². The number of primary sulfonamides is 1. The van der Waals surface area contributed by atoms with Crippen molar-refractivity contribution in [3.05, 3.63) is 22.2 Å². The van der Waals surface area contributed by atoms with E-state index in [1.165, 1.54) is 12.1 Å². The fourth-order valence-electron chi connectivity index (χ4n) is 1.32. The molecule has 0 atom stereocenters. The number of halogens is 2. The van der Waals surface area contributed by atoms with Crippen LogP contribution in [0.4, 0.5) is 0 Å². The van der Waals surface area contributed by atoms with Crippen molar-refractivity contribution < 1.29 is 13.2 Å². The Morgan fingerprint density at radius 2 is 1.95 bits per heavy atom. The molecule has 0 amide bonds. The molecule has 0 aliphatic heterocycles. The van der Waals surface area contributed by atoms with Crippen molar-refractivity contribution in [3.8, 4) is 11.8 Å². The second kappa shape index (κ2) is 6.19. The van der Waals surface area contributed by atoms with Crippen LogP contribution in [-0.2, 0) is 10.0 Å². The summed E-state index contributed by atoms with van der Waals surface area (Å²) in [5.41, 5.74) is -0.517. The summed E-state index contributed by atoms with van der Waals surface area (Å²) < 4.78 is 27.9. The van der Waals surface area contributed by atoms with Gasteiger partial charge in [0.25, 0.3) is 0 Å². The average Bonchev–Trinajstić information content (AvgIpc) is 2.33. The van der Waals surface area contributed by atoms with Crippen molar-refractivity contribution in [2.24, 2.45) is 10.6 Å². The Bertz CT molecular complexity index is 651. The van der Waals surface area contributed by atoms with Gasteiger partial charge in [0.05, 0.1) is 23.1 Å². The Morgan fingerprint density at radius 3 is 2.45 bits per heavy atom. The first-order valence-electron chi connectivity index (χ1n) is 5.63. The maximum Gasteiger partial charge on any atom is 0.239 e. The van der Waals surface area contributed by atoms with Crippen LogP contribution < -0.4 is 9.88 Å². The molecule has 0 radical (unpaired) electrons. The number of nitriles is 1. The van der Waals surface area contributed by atoms with Crippen molar-refractivity contribution >= 4 is 33.2 Å². The van der Waals surface area contributed by atoms with Gasteiger partial charge in [0.15, 0.2) is 0 Å². The number of rotatable bonds is 5. The normalized spacial score (nSPS) is 12.0. The zero-order valence-corrected chi connectivity index (χ0v) is 13.3. The summed E-state index contributed by atoms with van der Waals surface area (Å²) >= 11 is 11.8.